The Morgan fingerprint density at radius 3 is 1.98 bits per heavy atom. The Morgan fingerprint density at radius 2 is 1.34 bits per heavy atom. The number of rotatable bonds is 2. The zero-order valence-corrected chi connectivity index (χ0v) is 23.8. The lowest BCUT2D eigenvalue weighted by Gasteiger charge is -2.30. The Labute approximate surface area is 244 Å². The van der Waals surface area contributed by atoms with Crippen molar-refractivity contribution < 1.29 is 56.7 Å². The number of phosphoric acid groups is 2. The van der Waals surface area contributed by atoms with Crippen molar-refractivity contribution in [1.29, 1.82) is 0 Å². The Bertz CT molecular complexity index is 1820. The van der Waals surface area contributed by atoms with Crippen LogP contribution in [-0.2, 0) is 36.7 Å². The third kappa shape index (κ3) is 5.04. The highest BCUT2D eigenvalue weighted by atomic mass is 31.2. The fourth-order valence-corrected chi connectivity index (χ4v) is 7.10. The van der Waals surface area contributed by atoms with Gasteiger partial charge in [0.25, 0.3) is 7.82 Å². The number of hydrogen-bond donors (Lipinski definition) is 5. The smallest absolute Gasteiger partial charge is 0.472 e. The van der Waals surface area contributed by atoms with Crippen LogP contribution < -0.4 is 16.4 Å². The third-order valence-corrected chi connectivity index (χ3v) is 9.20. The summed E-state index contributed by atoms with van der Waals surface area (Å²) in [7, 11) is -10.3. The summed E-state index contributed by atoms with van der Waals surface area (Å²) < 4.78 is 60.9. The second kappa shape index (κ2) is 10.7. The van der Waals surface area contributed by atoms with E-state index in [0.29, 0.717) is 0 Å². The first kappa shape index (κ1) is 29.5. The molecule has 7 N–H and O–H groups in total. The summed E-state index contributed by atoms with van der Waals surface area (Å²) >= 11 is 0. The number of ether oxygens (including phenoxy) is 2. The summed E-state index contributed by atoms with van der Waals surface area (Å²) in [5.74, 6) is 0.0646. The number of phosphoric ester groups is 2. The lowest BCUT2D eigenvalue weighted by atomic mass is 10.1. The van der Waals surface area contributed by atoms with E-state index < -0.39 is 77.9 Å². The van der Waals surface area contributed by atoms with E-state index in [2.05, 4.69) is 29.9 Å². The predicted molar refractivity (Wildman–Crippen MR) is 138 cm³/mol. The van der Waals surface area contributed by atoms with Crippen LogP contribution in [0.5, 0.6) is 0 Å². The van der Waals surface area contributed by atoms with Crippen LogP contribution in [0.3, 0.4) is 0 Å². The Balaban J connectivity index is 1.20. The number of nitrogen functional groups attached to an aromatic ring is 2. The van der Waals surface area contributed by atoms with Crippen molar-refractivity contribution in [3.05, 3.63) is 25.3 Å². The van der Waals surface area contributed by atoms with E-state index in [9.17, 15) is 29.1 Å². The Morgan fingerprint density at radius 1 is 0.773 bits per heavy atom. The number of imidazole rings is 2. The molecule has 3 aliphatic rings. The summed E-state index contributed by atoms with van der Waals surface area (Å²) in [5.41, 5.74) is 12.3. The van der Waals surface area contributed by atoms with Crippen molar-refractivity contribution in [2.45, 2.75) is 49.1 Å². The molecule has 236 valence electrons. The van der Waals surface area contributed by atoms with Crippen molar-refractivity contribution in [3.8, 4) is 0 Å². The number of nitrogens with zero attached hydrogens (tertiary/aromatic N) is 8. The molecular weight excluding hydrogens is 634 g/mol. The van der Waals surface area contributed by atoms with Gasteiger partial charge >= 0.3 is 7.82 Å². The first-order valence-corrected chi connectivity index (χ1v) is 15.7. The van der Waals surface area contributed by atoms with Crippen molar-refractivity contribution in [3.63, 3.8) is 0 Å². The van der Waals surface area contributed by atoms with Gasteiger partial charge in [0, 0.05) is 0 Å². The number of anilines is 2. The molecular formula is C20H23N10O12P2-. The summed E-state index contributed by atoms with van der Waals surface area (Å²) in [4.78, 5) is 47.7. The van der Waals surface area contributed by atoms with Gasteiger partial charge in [0.15, 0.2) is 35.4 Å². The molecule has 0 spiro atoms. The second-order valence-electron chi connectivity index (χ2n) is 9.92. The molecule has 7 rings (SSSR count). The normalized spacial score (nSPS) is 38.3. The molecule has 0 radical (unpaired) electrons. The molecule has 4 aromatic heterocycles. The standard InChI is InChI=1S/C20H24N10O12P2/c21-15-9-17(25-3-23-15)29(5-27-9)19-12(32)13-8(40-19)2-38-44(35,36)42-14-11(31)7(1-37-43(33,34)41-13)39-20(14)30-6-28-10-16(22)24-4-26-18(10)30/h3-8,11-14,19-20,31-32H,1-2H2,(H,33,34)(H,35,36)(H2,21,23,25)(H2,22,24,26)/p-1/t7-,8-,11-,12-,13-,14-,19-,20-/m1/s1. The summed E-state index contributed by atoms with van der Waals surface area (Å²) in [5, 5.41) is 22.1. The van der Waals surface area contributed by atoms with E-state index in [1.807, 2.05) is 0 Å². The zero-order chi connectivity index (χ0) is 31.0. The number of aliphatic hydroxyl groups is 2. The maximum Gasteiger partial charge on any atom is 0.472 e. The van der Waals surface area contributed by atoms with Crippen molar-refractivity contribution in [1.82, 2.24) is 39.0 Å². The largest absolute Gasteiger partial charge is 0.756 e. The van der Waals surface area contributed by atoms with Crippen LogP contribution in [-0.4, -0.2) is 104 Å². The minimum Gasteiger partial charge on any atom is -0.756 e. The van der Waals surface area contributed by atoms with E-state index in [1.54, 1.807) is 0 Å². The third-order valence-electron chi connectivity index (χ3n) is 7.25. The number of fused-ring (bicyclic) bond motifs is 5. The van der Waals surface area contributed by atoms with E-state index >= 15 is 0 Å². The summed E-state index contributed by atoms with van der Waals surface area (Å²) in [6.07, 6.45) is -7.73. The first-order valence-electron chi connectivity index (χ1n) is 12.8. The fourth-order valence-electron chi connectivity index (χ4n) is 5.22. The van der Waals surface area contributed by atoms with Crippen LogP contribution in [0, 0.1) is 0 Å². The molecule has 3 saturated heterocycles. The highest BCUT2D eigenvalue weighted by molar-refractivity contribution is 7.47. The molecule has 7 heterocycles. The first-order chi connectivity index (χ1) is 20.9. The van der Waals surface area contributed by atoms with Gasteiger partial charge in [-0.1, -0.05) is 0 Å². The predicted octanol–water partition coefficient (Wildman–Crippen LogP) is -2.27. The average Bonchev–Trinajstić information content (AvgIpc) is 3.73. The van der Waals surface area contributed by atoms with Gasteiger partial charge < -0.3 is 50.0 Å². The topological polar surface area (TPSA) is 313 Å². The molecule has 44 heavy (non-hydrogen) atoms. The minimum atomic E-state index is -5.27. The molecule has 2 bridgehead atoms. The van der Waals surface area contributed by atoms with Gasteiger partial charge in [0.1, 0.15) is 60.3 Å². The highest BCUT2D eigenvalue weighted by Crippen LogP contribution is 2.52. The number of aliphatic hydroxyl groups excluding tert-OH is 2. The van der Waals surface area contributed by atoms with Gasteiger partial charge in [0.2, 0.25) is 0 Å². The van der Waals surface area contributed by atoms with Crippen molar-refractivity contribution >= 4 is 49.6 Å². The van der Waals surface area contributed by atoms with Crippen LogP contribution in [0.1, 0.15) is 12.5 Å². The van der Waals surface area contributed by atoms with Gasteiger partial charge in [-0.2, -0.15) is 0 Å². The fraction of sp³-hybridized carbons (Fsp3) is 0.500. The maximum absolute atomic E-state index is 13.2. The van der Waals surface area contributed by atoms with E-state index in [1.165, 1.54) is 21.8 Å². The van der Waals surface area contributed by atoms with Gasteiger partial charge in [-0.05, 0) is 0 Å². The van der Waals surface area contributed by atoms with Gasteiger partial charge in [-0.15, -0.1) is 0 Å². The monoisotopic (exact) mass is 657 g/mol. The highest BCUT2D eigenvalue weighted by Gasteiger charge is 2.53. The molecule has 4 aromatic rings. The van der Waals surface area contributed by atoms with Gasteiger partial charge in [-0.25, -0.2) is 34.5 Å². The number of aromatic nitrogens is 8. The maximum atomic E-state index is 13.2. The Hall–Kier alpha value is -3.24. The number of nitrogens with two attached hydrogens (primary N) is 2. The van der Waals surface area contributed by atoms with Crippen molar-refractivity contribution in [2.24, 2.45) is 0 Å². The zero-order valence-electron chi connectivity index (χ0n) is 22.0. The molecule has 0 amide bonds. The number of hydrogen-bond acceptors (Lipinski definition) is 19. The van der Waals surface area contributed by atoms with Crippen LogP contribution in [0.25, 0.3) is 22.3 Å². The molecule has 2 unspecified atom stereocenters. The van der Waals surface area contributed by atoms with E-state index in [-0.39, 0.29) is 34.0 Å². The molecule has 0 saturated carbocycles. The molecule has 0 aliphatic carbocycles. The minimum absolute atomic E-state index is 0.0265. The average molecular weight is 657 g/mol. The van der Waals surface area contributed by atoms with Crippen LogP contribution in [0.4, 0.5) is 11.6 Å². The molecule has 3 aliphatic heterocycles. The van der Waals surface area contributed by atoms with E-state index in [4.69, 9.17) is 39.0 Å². The van der Waals surface area contributed by atoms with E-state index in [0.717, 1.165) is 12.7 Å². The van der Waals surface area contributed by atoms with Crippen LogP contribution >= 0.6 is 15.6 Å². The molecule has 24 heteroatoms. The summed E-state index contributed by atoms with van der Waals surface area (Å²) in [6.45, 7) is -1.65. The SMILES string of the molecule is Nc1ncnc2c1ncn2[C@@H]1O[C@@H]2COP(=O)(O)O[C@@H]3[C@H](O)[C@@H](COP(=O)([O-])O[C@H]2[C@H]1O)O[C@H]3n1cnc2c(N)ncnc21. The molecule has 0 aromatic carbocycles. The molecule has 22 nitrogen and oxygen atoms in total. The summed E-state index contributed by atoms with van der Waals surface area (Å²) in [6, 6.07) is 0. The Kier molecular flexibility index (Phi) is 7.16. The van der Waals surface area contributed by atoms with Crippen LogP contribution in [0.2, 0.25) is 0 Å². The van der Waals surface area contributed by atoms with Crippen molar-refractivity contribution in [2.75, 3.05) is 24.7 Å². The van der Waals surface area contributed by atoms with Gasteiger partial charge in [0.05, 0.1) is 25.9 Å². The lowest BCUT2D eigenvalue weighted by Crippen LogP contribution is -2.37. The lowest BCUT2D eigenvalue weighted by molar-refractivity contribution is -0.236. The molecule has 10 atom stereocenters. The van der Waals surface area contributed by atoms with Crippen LogP contribution in [0.15, 0.2) is 25.3 Å². The molecule has 3 fully saturated rings. The van der Waals surface area contributed by atoms with Gasteiger partial charge in [-0.3, -0.25) is 22.7 Å². The quantitative estimate of drug-likeness (QED) is 0.142. The second-order valence-corrected chi connectivity index (χ2v) is 12.7.